The highest BCUT2D eigenvalue weighted by molar-refractivity contribution is 6.44. The van der Waals surface area contributed by atoms with Gasteiger partial charge in [0, 0.05) is 7.04 Å². The number of rotatable bonds is 2. The highest BCUT2D eigenvalue weighted by Gasteiger charge is 2.36. The third-order valence-electron chi connectivity index (χ3n) is 0.348. The number of methoxy groups -OCH3 is 1. The van der Waals surface area contributed by atoms with Gasteiger partial charge < -0.3 is 4.74 Å². The van der Waals surface area contributed by atoms with Gasteiger partial charge in [0.2, 0.25) is 0 Å². The van der Waals surface area contributed by atoms with Crippen LogP contribution in [0.4, 0.5) is 8.78 Å². The van der Waals surface area contributed by atoms with Gasteiger partial charge in [-0.2, -0.15) is 8.78 Å². The molecule has 0 unspecified atom stereocenters. The van der Waals surface area contributed by atoms with Gasteiger partial charge >= 0.3 is 6.11 Å². The Morgan fingerprint density at radius 2 is 2.38 bits per heavy atom. The third kappa shape index (κ3) is 2.11. The highest BCUT2D eigenvalue weighted by Crippen LogP contribution is 2.26. The van der Waals surface area contributed by atoms with Crippen LogP contribution in [0, 0.1) is 0 Å². The molecule has 0 atom stereocenters. The first-order valence-electron chi connectivity index (χ1n) is 3.41. The minimum atomic E-state index is -4.44. The molecule has 0 aromatic carbocycles. The maximum atomic E-state index is 12.4. The zero-order valence-electron chi connectivity index (χ0n) is 7.42. The average Bonchev–Trinajstić information content (AvgIpc) is 1.52. The van der Waals surface area contributed by atoms with Crippen molar-refractivity contribution in [3.63, 3.8) is 0 Å². The lowest BCUT2D eigenvalue weighted by atomic mass is 10.7. The number of halogens is 4. The van der Waals surface area contributed by atoms with Crippen LogP contribution in [0.2, 0.25) is 0 Å². The Labute approximate surface area is 61.1 Å². The minimum absolute atomic E-state index is 3.20. The van der Waals surface area contributed by atoms with Crippen molar-refractivity contribution in [2.24, 2.45) is 0 Å². The van der Waals surface area contributed by atoms with E-state index in [0.29, 0.717) is 0 Å². The lowest BCUT2D eigenvalue weighted by Crippen LogP contribution is -2.26. The first kappa shape index (κ1) is 3.54. The lowest BCUT2D eigenvalue weighted by Gasteiger charge is -2.13. The van der Waals surface area contributed by atoms with Gasteiger partial charge in [0.1, 0.15) is 0 Å². The molecule has 5 heteroatoms. The van der Waals surface area contributed by atoms with E-state index < -0.39 is 18.0 Å². The van der Waals surface area contributed by atoms with E-state index in [4.69, 9.17) is 5.48 Å². The molecule has 0 bridgehead atoms. The van der Waals surface area contributed by atoms with E-state index in [0.717, 1.165) is 0 Å². The molecule has 0 heterocycles. The maximum absolute atomic E-state index is 12.4. The van der Waals surface area contributed by atoms with E-state index in [1.54, 1.807) is 0 Å². The van der Waals surface area contributed by atoms with Crippen LogP contribution in [-0.2, 0) is 4.74 Å². The summed E-state index contributed by atoms with van der Waals surface area (Å²) in [5, 5.41) is 0. The molecule has 0 fully saturated rings. The number of hydrogen-bond acceptors (Lipinski definition) is 1. The second kappa shape index (κ2) is 2.80. The van der Waals surface area contributed by atoms with E-state index in [9.17, 15) is 8.78 Å². The summed E-state index contributed by atoms with van der Waals surface area (Å²) in [4.78, 5) is -3.32. The number of alkyl halides is 4. The standard InChI is InChI=1S/C3H4Cl2F2O/c1-8-3(6,7)2(4)5/h2H,1H3/i1D3,2D. The van der Waals surface area contributed by atoms with Crippen molar-refractivity contribution >= 4 is 23.2 Å². The van der Waals surface area contributed by atoms with Crippen LogP contribution in [0.1, 0.15) is 5.48 Å². The van der Waals surface area contributed by atoms with Crippen LogP contribution in [0.5, 0.6) is 0 Å². The maximum Gasteiger partial charge on any atom is 0.385 e. The third-order valence-corrected chi connectivity index (χ3v) is 0.788. The second-order valence-corrected chi connectivity index (χ2v) is 1.83. The van der Waals surface area contributed by atoms with Crippen LogP contribution in [-0.4, -0.2) is 18.0 Å². The molecule has 50 valence electrons. The monoisotopic (exact) mass is 168 g/mol. The summed E-state index contributed by atoms with van der Waals surface area (Å²) in [5.41, 5.74) is 0. The minimum Gasteiger partial charge on any atom is -0.322 e. The second-order valence-electron chi connectivity index (χ2n) is 0.879. The SMILES string of the molecule is [2H]C([2H])([2H])OC(F)(F)C([2H])(Cl)Cl. The van der Waals surface area contributed by atoms with Crippen LogP contribution in [0.25, 0.3) is 0 Å². The fraction of sp³-hybridized carbons (Fsp3) is 1.00. The molecule has 0 spiro atoms. The van der Waals surface area contributed by atoms with Crippen molar-refractivity contribution in [2.45, 2.75) is 10.9 Å². The summed E-state index contributed by atoms with van der Waals surface area (Å²) < 4.78 is 53.3. The molecule has 0 aliphatic rings. The molecule has 0 N–H and O–H groups in total. The Morgan fingerprint density at radius 1 is 1.88 bits per heavy atom. The molecular weight excluding hydrogens is 161 g/mol. The van der Waals surface area contributed by atoms with Crippen LogP contribution >= 0.6 is 23.2 Å². The van der Waals surface area contributed by atoms with Gasteiger partial charge in [0.15, 0.2) is 4.81 Å². The lowest BCUT2D eigenvalue weighted by molar-refractivity contribution is -0.210. The van der Waals surface area contributed by atoms with Crippen LogP contribution in [0.15, 0.2) is 0 Å². The van der Waals surface area contributed by atoms with Gasteiger partial charge in [-0.15, -0.1) is 0 Å². The normalized spacial score (nSPS) is 23.0. The molecule has 0 radical (unpaired) electrons. The van der Waals surface area contributed by atoms with Crippen molar-refractivity contribution in [3.8, 4) is 0 Å². The predicted octanol–water partition coefficient (Wildman–Crippen LogP) is 2.03. The quantitative estimate of drug-likeness (QED) is 0.574. The smallest absolute Gasteiger partial charge is 0.322 e. The summed E-state index contributed by atoms with van der Waals surface area (Å²) in [6.07, 6.45) is -4.44. The number of hydrogen-bond donors (Lipinski definition) is 0. The Hall–Kier alpha value is 0.400. The van der Waals surface area contributed by atoms with Crippen LogP contribution < -0.4 is 0 Å². The van der Waals surface area contributed by atoms with Gasteiger partial charge in [0.25, 0.3) is 0 Å². The van der Waals surface area contributed by atoms with Crippen molar-refractivity contribution in [3.05, 3.63) is 0 Å². The Balaban J connectivity index is 4.44. The molecule has 0 aromatic heterocycles. The van der Waals surface area contributed by atoms with E-state index in [1.165, 1.54) is 0 Å². The molecule has 0 amide bonds. The molecule has 0 aliphatic heterocycles. The van der Waals surface area contributed by atoms with E-state index in [-0.39, 0.29) is 0 Å². The molecule has 0 aromatic rings. The average molecular weight is 169 g/mol. The largest absolute Gasteiger partial charge is 0.385 e. The highest BCUT2D eigenvalue weighted by atomic mass is 35.5. The summed E-state index contributed by atoms with van der Waals surface area (Å²) in [6.45, 7) is 0. The van der Waals surface area contributed by atoms with Gasteiger partial charge in [-0.3, -0.25) is 0 Å². The molecule has 0 rings (SSSR count). The topological polar surface area (TPSA) is 9.23 Å². The fourth-order valence-electron chi connectivity index (χ4n) is 0.0386. The van der Waals surface area contributed by atoms with E-state index >= 15 is 0 Å². The molecule has 1 nitrogen and oxygen atoms in total. The molecule has 0 saturated heterocycles. The molecule has 8 heavy (non-hydrogen) atoms. The fourth-order valence-corrected chi connectivity index (χ4v) is 0.116. The van der Waals surface area contributed by atoms with Gasteiger partial charge in [-0.1, -0.05) is 23.2 Å². The van der Waals surface area contributed by atoms with Crippen molar-refractivity contribution in [1.29, 1.82) is 0 Å². The summed E-state index contributed by atoms with van der Waals surface area (Å²) in [5.74, 6) is 0. The van der Waals surface area contributed by atoms with Crippen molar-refractivity contribution < 1.29 is 19.0 Å². The van der Waals surface area contributed by atoms with Crippen molar-refractivity contribution in [2.75, 3.05) is 7.04 Å². The molecular formula is C3H4Cl2F2O. The summed E-state index contributed by atoms with van der Waals surface area (Å²) >= 11 is 9.28. The Kier molecular flexibility index (Phi) is 1.24. The molecule has 0 saturated carbocycles. The van der Waals surface area contributed by atoms with E-state index in [1.807, 2.05) is 0 Å². The Morgan fingerprint density at radius 3 is 2.50 bits per heavy atom. The summed E-state index contributed by atoms with van der Waals surface area (Å²) in [7, 11) is -3.35. The van der Waals surface area contributed by atoms with Gasteiger partial charge in [-0.05, 0) is 0 Å². The van der Waals surface area contributed by atoms with Crippen molar-refractivity contribution in [1.82, 2.24) is 0 Å². The van der Waals surface area contributed by atoms with E-state index in [2.05, 4.69) is 27.9 Å². The van der Waals surface area contributed by atoms with Gasteiger partial charge in [0.05, 0.1) is 5.48 Å². The predicted molar refractivity (Wildman–Crippen MR) is 27.5 cm³/mol. The first-order chi connectivity index (χ1) is 4.96. The Bertz CT molecular complexity index is 165. The zero-order chi connectivity index (χ0) is 10.2. The number of ether oxygens (including phenoxy) is 1. The summed E-state index contributed by atoms with van der Waals surface area (Å²) in [6, 6.07) is 0. The first-order valence-corrected chi connectivity index (χ1v) is 2.17. The van der Waals surface area contributed by atoms with Crippen LogP contribution in [0.3, 0.4) is 0 Å². The van der Waals surface area contributed by atoms with Gasteiger partial charge in [-0.25, -0.2) is 0 Å². The zero-order valence-corrected chi connectivity index (χ0v) is 4.93. The molecule has 0 aliphatic carbocycles.